The van der Waals surface area contributed by atoms with Gasteiger partial charge in [0.1, 0.15) is 0 Å². The molecule has 1 N–H and O–H groups in total. The molecule has 1 unspecified atom stereocenters. The minimum absolute atomic E-state index is 0.324. The third kappa shape index (κ3) is 3.37. The summed E-state index contributed by atoms with van der Waals surface area (Å²) in [5, 5.41) is 14.7. The van der Waals surface area contributed by atoms with Crippen molar-refractivity contribution in [2.24, 2.45) is 7.05 Å². The summed E-state index contributed by atoms with van der Waals surface area (Å²) in [4.78, 5) is 0. The Bertz CT molecular complexity index is 381. The number of ether oxygens (including phenoxy) is 1. The summed E-state index contributed by atoms with van der Waals surface area (Å²) in [6.07, 6.45) is 9.83. The van der Waals surface area contributed by atoms with Crippen LogP contribution in [0, 0.1) is 0 Å². The number of nitrogens with zero attached hydrogens (tertiary/aromatic N) is 2. The monoisotopic (exact) mass is 266 g/mol. The molecule has 2 rings (SSSR count). The molecule has 0 amide bonds. The maximum atomic E-state index is 10.6. The summed E-state index contributed by atoms with van der Waals surface area (Å²) >= 11 is 0. The van der Waals surface area contributed by atoms with E-state index in [1.165, 1.54) is 18.5 Å². The first kappa shape index (κ1) is 14.5. The molecular weight excluding hydrogens is 240 g/mol. The largest absolute Gasteiger partial charge is 0.390 e. The van der Waals surface area contributed by atoms with Gasteiger partial charge in [0.25, 0.3) is 0 Å². The van der Waals surface area contributed by atoms with Crippen molar-refractivity contribution < 1.29 is 9.84 Å². The predicted molar refractivity (Wildman–Crippen MR) is 75.0 cm³/mol. The van der Waals surface area contributed by atoms with Crippen LogP contribution in [0.2, 0.25) is 0 Å². The first-order valence-electron chi connectivity index (χ1n) is 7.38. The maximum Gasteiger partial charge on any atom is 0.0936 e. The summed E-state index contributed by atoms with van der Waals surface area (Å²) < 4.78 is 7.62. The summed E-state index contributed by atoms with van der Waals surface area (Å²) in [7, 11) is 3.69. The summed E-state index contributed by atoms with van der Waals surface area (Å²) in [5.74, 6) is 0. The van der Waals surface area contributed by atoms with Crippen LogP contribution in [-0.4, -0.2) is 33.7 Å². The Morgan fingerprint density at radius 2 is 2.05 bits per heavy atom. The molecule has 0 spiro atoms. The normalized spacial score (nSPS) is 21.0. The first-order chi connectivity index (χ1) is 9.18. The van der Waals surface area contributed by atoms with Crippen molar-refractivity contribution in [2.75, 3.05) is 7.11 Å². The number of aryl methyl sites for hydroxylation is 2. The van der Waals surface area contributed by atoms with Gasteiger partial charge in [-0.15, -0.1) is 0 Å². The first-order valence-corrected chi connectivity index (χ1v) is 7.38. The quantitative estimate of drug-likeness (QED) is 0.833. The second-order valence-corrected chi connectivity index (χ2v) is 5.68. The summed E-state index contributed by atoms with van der Waals surface area (Å²) in [5.41, 5.74) is 0.841. The molecule has 1 fully saturated rings. The molecule has 0 radical (unpaired) electrons. The highest BCUT2D eigenvalue weighted by molar-refractivity contribution is 5.01. The molecular formula is C15H26N2O2. The molecule has 1 atom stereocenters. The fourth-order valence-electron chi connectivity index (χ4n) is 3.19. The molecule has 4 heteroatoms. The number of aliphatic hydroxyl groups is 1. The lowest BCUT2D eigenvalue weighted by Gasteiger charge is -2.36. The van der Waals surface area contributed by atoms with Crippen LogP contribution in [0.1, 0.15) is 50.6 Å². The number of rotatable bonds is 5. The van der Waals surface area contributed by atoms with Crippen LogP contribution in [-0.2, 0) is 18.2 Å². The van der Waals surface area contributed by atoms with Crippen molar-refractivity contribution in [3.63, 3.8) is 0 Å². The zero-order valence-electron chi connectivity index (χ0n) is 12.1. The molecule has 4 nitrogen and oxygen atoms in total. The van der Waals surface area contributed by atoms with E-state index in [-0.39, 0.29) is 11.7 Å². The molecule has 108 valence electrons. The van der Waals surface area contributed by atoms with Crippen molar-refractivity contribution >= 4 is 0 Å². The van der Waals surface area contributed by atoms with E-state index in [1.807, 2.05) is 17.8 Å². The molecule has 1 saturated carbocycles. The van der Waals surface area contributed by atoms with Crippen LogP contribution in [0.25, 0.3) is 0 Å². The van der Waals surface area contributed by atoms with Gasteiger partial charge in [-0.3, -0.25) is 4.68 Å². The molecule has 0 aliphatic heterocycles. The number of methoxy groups -OCH3 is 1. The Morgan fingerprint density at radius 1 is 1.37 bits per heavy atom. The lowest BCUT2D eigenvalue weighted by Crippen LogP contribution is -2.44. The van der Waals surface area contributed by atoms with Crippen molar-refractivity contribution in [2.45, 2.75) is 63.1 Å². The highest BCUT2D eigenvalue weighted by Crippen LogP contribution is 2.34. The van der Waals surface area contributed by atoms with Gasteiger partial charge in [-0.05, 0) is 31.7 Å². The summed E-state index contributed by atoms with van der Waals surface area (Å²) in [6, 6.07) is 2.01. The molecule has 19 heavy (non-hydrogen) atoms. The smallest absolute Gasteiger partial charge is 0.0936 e. The Morgan fingerprint density at radius 3 is 2.58 bits per heavy atom. The standard InChI is InChI=1S/C15H26N2O2/c1-17-13(9-12-16-17)7-8-14(18)15(19-2)10-5-3-4-6-11-15/h9,12,14,18H,3-8,10-11H2,1-2H3. The lowest BCUT2D eigenvalue weighted by atomic mass is 9.85. The van der Waals surface area contributed by atoms with Gasteiger partial charge >= 0.3 is 0 Å². The zero-order valence-corrected chi connectivity index (χ0v) is 12.1. The number of aliphatic hydroxyl groups excluding tert-OH is 1. The fourth-order valence-corrected chi connectivity index (χ4v) is 3.19. The van der Waals surface area contributed by atoms with E-state index in [9.17, 15) is 5.11 Å². The van der Waals surface area contributed by atoms with Gasteiger partial charge in [-0.2, -0.15) is 5.10 Å². The molecule has 1 aromatic heterocycles. The van der Waals surface area contributed by atoms with Gasteiger partial charge in [0, 0.05) is 26.0 Å². The Labute approximate surface area is 115 Å². The average Bonchev–Trinajstić information content (AvgIpc) is 2.68. The third-order valence-electron chi connectivity index (χ3n) is 4.56. The molecule has 1 aliphatic carbocycles. The number of aromatic nitrogens is 2. The van der Waals surface area contributed by atoms with Crippen molar-refractivity contribution in [1.82, 2.24) is 9.78 Å². The van der Waals surface area contributed by atoms with Gasteiger partial charge in [0.05, 0.1) is 11.7 Å². The van der Waals surface area contributed by atoms with E-state index in [4.69, 9.17) is 4.74 Å². The topological polar surface area (TPSA) is 47.3 Å². The Kier molecular flexibility index (Phi) is 4.99. The zero-order chi connectivity index (χ0) is 13.7. The third-order valence-corrected chi connectivity index (χ3v) is 4.56. The van der Waals surface area contributed by atoms with Crippen LogP contribution >= 0.6 is 0 Å². The van der Waals surface area contributed by atoms with Crippen LogP contribution < -0.4 is 0 Å². The number of hydrogen-bond acceptors (Lipinski definition) is 3. The predicted octanol–water partition coefficient (Wildman–Crippen LogP) is 2.45. The molecule has 1 aromatic rings. The second kappa shape index (κ2) is 6.53. The van der Waals surface area contributed by atoms with Gasteiger partial charge in [-0.1, -0.05) is 25.7 Å². The Balaban J connectivity index is 1.96. The van der Waals surface area contributed by atoms with Gasteiger partial charge in [0.15, 0.2) is 0 Å². The SMILES string of the molecule is COC1(C(O)CCc2ccnn2C)CCCCCC1. The molecule has 1 heterocycles. The van der Waals surface area contributed by atoms with E-state index in [0.717, 1.165) is 38.5 Å². The van der Waals surface area contributed by atoms with Crippen molar-refractivity contribution in [3.05, 3.63) is 18.0 Å². The van der Waals surface area contributed by atoms with Crippen LogP contribution in [0.5, 0.6) is 0 Å². The highest BCUT2D eigenvalue weighted by atomic mass is 16.5. The molecule has 1 aliphatic rings. The van der Waals surface area contributed by atoms with E-state index in [1.54, 1.807) is 13.3 Å². The minimum atomic E-state index is -0.384. The van der Waals surface area contributed by atoms with Crippen molar-refractivity contribution in [1.29, 1.82) is 0 Å². The van der Waals surface area contributed by atoms with Crippen molar-refractivity contribution in [3.8, 4) is 0 Å². The van der Waals surface area contributed by atoms with E-state index in [2.05, 4.69) is 5.10 Å². The molecule has 0 bridgehead atoms. The maximum absolute atomic E-state index is 10.6. The average molecular weight is 266 g/mol. The van der Waals surface area contributed by atoms with Crippen LogP contribution in [0.4, 0.5) is 0 Å². The van der Waals surface area contributed by atoms with Gasteiger partial charge in [0.2, 0.25) is 0 Å². The van der Waals surface area contributed by atoms with Crippen LogP contribution in [0.3, 0.4) is 0 Å². The second-order valence-electron chi connectivity index (χ2n) is 5.68. The fraction of sp³-hybridized carbons (Fsp3) is 0.800. The summed E-state index contributed by atoms with van der Waals surface area (Å²) in [6.45, 7) is 0. The molecule has 0 saturated heterocycles. The minimum Gasteiger partial charge on any atom is -0.390 e. The Hall–Kier alpha value is -0.870. The number of hydrogen-bond donors (Lipinski definition) is 1. The van der Waals surface area contributed by atoms with E-state index < -0.39 is 0 Å². The highest BCUT2D eigenvalue weighted by Gasteiger charge is 2.37. The van der Waals surface area contributed by atoms with Gasteiger partial charge in [-0.25, -0.2) is 0 Å². The molecule has 0 aromatic carbocycles. The van der Waals surface area contributed by atoms with Crippen LogP contribution in [0.15, 0.2) is 12.3 Å². The van der Waals surface area contributed by atoms with E-state index >= 15 is 0 Å². The lowest BCUT2D eigenvalue weighted by molar-refractivity contribution is -0.114. The van der Waals surface area contributed by atoms with E-state index in [0.29, 0.717) is 0 Å². The van der Waals surface area contributed by atoms with Gasteiger partial charge < -0.3 is 9.84 Å².